The summed E-state index contributed by atoms with van der Waals surface area (Å²) in [6.45, 7) is 12.1. The van der Waals surface area contributed by atoms with E-state index in [-0.39, 0.29) is 5.92 Å². The van der Waals surface area contributed by atoms with Crippen LogP contribution in [0.4, 0.5) is 0 Å². The van der Waals surface area contributed by atoms with E-state index < -0.39 is 0 Å². The number of benzene rings is 1. The summed E-state index contributed by atoms with van der Waals surface area (Å²) in [5.74, 6) is 0.280. The zero-order valence-electron chi connectivity index (χ0n) is 16.5. The van der Waals surface area contributed by atoms with Crippen molar-refractivity contribution in [2.24, 2.45) is 0 Å². The number of nitrogens with zero attached hydrogens (tertiary/aromatic N) is 1. The Balaban J connectivity index is 1.94. The largest absolute Gasteiger partial charge is 0.198 e. The fourth-order valence-corrected chi connectivity index (χ4v) is 4.11. The van der Waals surface area contributed by atoms with E-state index in [1.54, 1.807) is 0 Å². The van der Waals surface area contributed by atoms with Crippen molar-refractivity contribution < 1.29 is 0 Å². The summed E-state index contributed by atoms with van der Waals surface area (Å²) < 4.78 is 0. The lowest BCUT2D eigenvalue weighted by Crippen LogP contribution is -1.97. The summed E-state index contributed by atoms with van der Waals surface area (Å²) in [6, 6.07) is 8.82. The molecule has 1 aromatic rings. The molecule has 0 saturated heterocycles. The van der Waals surface area contributed by atoms with Crippen molar-refractivity contribution in [3.05, 3.63) is 102 Å². The van der Waals surface area contributed by atoms with Crippen LogP contribution in [-0.2, 0) is 0 Å². The first-order valence-corrected chi connectivity index (χ1v) is 10.00. The van der Waals surface area contributed by atoms with Crippen molar-refractivity contribution in [1.82, 2.24) is 0 Å². The van der Waals surface area contributed by atoms with Gasteiger partial charge in [0.25, 0.3) is 0 Å². The summed E-state index contributed by atoms with van der Waals surface area (Å²) in [5, 5.41) is 8.92. The Bertz CT molecular complexity index is 968. The van der Waals surface area contributed by atoms with E-state index in [2.05, 4.69) is 74.0 Å². The van der Waals surface area contributed by atoms with Crippen LogP contribution in [0.25, 0.3) is 11.1 Å². The van der Waals surface area contributed by atoms with Gasteiger partial charge in [0.1, 0.15) is 0 Å². The Hall–Kier alpha value is -3.07. The van der Waals surface area contributed by atoms with Crippen molar-refractivity contribution in [3.63, 3.8) is 0 Å². The standard InChI is InChI=1S/C27H27N/c1-4-6-7-8-12-20(3)27-24-15-10-9-14-23(24)26-19-22(16-17-25(26)27)21(5-2)13-11-18-28/h4,9-10,14-17,19,23H,1-3,6-8,11-13H2. The molecule has 0 spiro atoms. The second kappa shape index (κ2) is 9.23. The molecule has 0 aliphatic heterocycles. The van der Waals surface area contributed by atoms with E-state index >= 15 is 0 Å². The van der Waals surface area contributed by atoms with E-state index in [1.807, 2.05) is 6.08 Å². The van der Waals surface area contributed by atoms with Gasteiger partial charge in [-0.25, -0.2) is 0 Å². The fraction of sp³-hybridized carbons (Fsp3) is 0.259. The molecular formula is C27H27N. The maximum atomic E-state index is 8.92. The molecule has 2 aliphatic rings. The van der Waals surface area contributed by atoms with Gasteiger partial charge in [-0.3, -0.25) is 0 Å². The van der Waals surface area contributed by atoms with E-state index in [9.17, 15) is 0 Å². The number of hydrogen-bond acceptors (Lipinski definition) is 1. The number of rotatable bonds is 9. The van der Waals surface area contributed by atoms with Gasteiger partial charge < -0.3 is 0 Å². The second-order valence-electron chi connectivity index (χ2n) is 7.31. The lowest BCUT2D eigenvalue weighted by molar-refractivity contribution is 0.753. The highest BCUT2D eigenvalue weighted by Gasteiger charge is 2.30. The zero-order chi connectivity index (χ0) is 19.9. The third-order valence-electron chi connectivity index (χ3n) is 5.51. The van der Waals surface area contributed by atoms with Crippen molar-refractivity contribution in [2.75, 3.05) is 0 Å². The van der Waals surface area contributed by atoms with Crippen LogP contribution < -0.4 is 0 Å². The molecule has 0 amide bonds. The predicted molar refractivity (Wildman–Crippen MR) is 120 cm³/mol. The molecule has 2 aliphatic carbocycles. The molecule has 0 aromatic heterocycles. The Kier molecular flexibility index (Phi) is 6.49. The molecule has 1 aromatic carbocycles. The minimum absolute atomic E-state index is 0.280. The van der Waals surface area contributed by atoms with Crippen molar-refractivity contribution in [3.8, 4) is 6.07 Å². The van der Waals surface area contributed by atoms with E-state index in [4.69, 9.17) is 5.26 Å². The van der Waals surface area contributed by atoms with Gasteiger partial charge in [0.15, 0.2) is 0 Å². The Morgan fingerprint density at radius 1 is 1.18 bits per heavy atom. The smallest absolute Gasteiger partial charge is 0.0625 e. The van der Waals surface area contributed by atoms with Gasteiger partial charge >= 0.3 is 0 Å². The monoisotopic (exact) mass is 365 g/mol. The summed E-state index contributed by atoms with van der Waals surface area (Å²) in [6.07, 6.45) is 16.3. The van der Waals surface area contributed by atoms with Crippen LogP contribution in [0.15, 0.2) is 85.2 Å². The topological polar surface area (TPSA) is 23.8 Å². The molecule has 140 valence electrons. The molecule has 0 fully saturated rings. The number of hydrogen-bond donors (Lipinski definition) is 0. The first kappa shape index (κ1) is 19.7. The lowest BCUT2D eigenvalue weighted by Gasteiger charge is -2.14. The van der Waals surface area contributed by atoms with Crippen LogP contribution in [-0.4, -0.2) is 0 Å². The molecule has 0 bridgehead atoms. The molecule has 1 heteroatoms. The maximum Gasteiger partial charge on any atom is 0.0625 e. The highest BCUT2D eigenvalue weighted by atomic mass is 14.3. The molecule has 0 radical (unpaired) electrons. The average molecular weight is 366 g/mol. The third kappa shape index (κ3) is 3.94. The van der Waals surface area contributed by atoms with Gasteiger partial charge in [-0.05, 0) is 71.6 Å². The van der Waals surface area contributed by atoms with Gasteiger partial charge in [0.05, 0.1) is 6.07 Å². The SMILES string of the molecule is C=C=C(CCC#N)c1ccc2c(c1)C1C=CC=CC1=C2C(=C)CCCCC=C. The van der Waals surface area contributed by atoms with E-state index in [0.29, 0.717) is 12.8 Å². The second-order valence-corrected chi connectivity index (χ2v) is 7.31. The number of allylic oxidation sites excluding steroid dienone is 9. The summed E-state index contributed by atoms with van der Waals surface area (Å²) in [5.41, 5.74) is 11.7. The summed E-state index contributed by atoms with van der Waals surface area (Å²) in [4.78, 5) is 0. The van der Waals surface area contributed by atoms with Gasteiger partial charge in [-0.15, -0.1) is 12.3 Å². The highest BCUT2D eigenvalue weighted by Crippen LogP contribution is 2.48. The molecule has 0 saturated carbocycles. The van der Waals surface area contributed by atoms with Gasteiger partial charge in [0, 0.05) is 17.9 Å². The Labute approximate surface area is 169 Å². The average Bonchev–Trinajstić information content (AvgIpc) is 3.05. The maximum absolute atomic E-state index is 8.92. The van der Waals surface area contributed by atoms with Crippen molar-refractivity contribution >= 4 is 11.1 Å². The molecule has 1 nitrogen and oxygen atoms in total. The lowest BCUT2D eigenvalue weighted by atomic mass is 9.90. The Morgan fingerprint density at radius 3 is 2.79 bits per heavy atom. The molecule has 1 atom stereocenters. The van der Waals surface area contributed by atoms with Gasteiger partial charge in [0.2, 0.25) is 0 Å². The summed E-state index contributed by atoms with van der Waals surface area (Å²) >= 11 is 0. The van der Waals surface area contributed by atoms with E-state index in [0.717, 1.165) is 36.8 Å². The van der Waals surface area contributed by atoms with Crippen molar-refractivity contribution in [2.45, 2.75) is 44.4 Å². The van der Waals surface area contributed by atoms with E-state index in [1.165, 1.54) is 27.8 Å². The molecule has 0 N–H and O–H groups in total. The molecular weight excluding hydrogens is 338 g/mol. The fourth-order valence-electron chi connectivity index (χ4n) is 4.11. The van der Waals surface area contributed by atoms with Crippen LogP contribution in [0.5, 0.6) is 0 Å². The van der Waals surface area contributed by atoms with Gasteiger partial charge in [-0.2, -0.15) is 5.26 Å². The van der Waals surface area contributed by atoms with Crippen LogP contribution in [0, 0.1) is 11.3 Å². The number of unbranched alkanes of at least 4 members (excludes halogenated alkanes) is 2. The number of fused-ring (bicyclic) bond motifs is 3. The van der Waals surface area contributed by atoms with Gasteiger partial charge in [-0.1, -0.05) is 55.7 Å². The predicted octanol–water partition coefficient (Wildman–Crippen LogP) is 7.44. The molecule has 0 heterocycles. The zero-order valence-corrected chi connectivity index (χ0v) is 16.5. The third-order valence-corrected chi connectivity index (χ3v) is 5.51. The van der Waals surface area contributed by atoms with Crippen LogP contribution in [0.3, 0.4) is 0 Å². The first-order valence-electron chi connectivity index (χ1n) is 10.00. The normalized spacial score (nSPS) is 16.2. The molecule has 28 heavy (non-hydrogen) atoms. The first-order chi connectivity index (χ1) is 13.7. The van der Waals surface area contributed by atoms with Crippen LogP contribution in [0.1, 0.15) is 61.1 Å². The minimum atomic E-state index is 0.280. The Morgan fingerprint density at radius 2 is 2.04 bits per heavy atom. The molecule has 3 rings (SSSR count). The number of nitriles is 1. The minimum Gasteiger partial charge on any atom is -0.198 e. The van der Waals surface area contributed by atoms with Crippen molar-refractivity contribution in [1.29, 1.82) is 5.26 Å². The highest BCUT2D eigenvalue weighted by molar-refractivity contribution is 5.91. The van der Waals surface area contributed by atoms with Crippen LogP contribution >= 0.6 is 0 Å². The van der Waals surface area contributed by atoms with Crippen LogP contribution in [0.2, 0.25) is 0 Å². The quantitative estimate of drug-likeness (QED) is 0.253. The summed E-state index contributed by atoms with van der Waals surface area (Å²) in [7, 11) is 0. The molecule has 1 unspecified atom stereocenters.